The third-order valence-corrected chi connectivity index (χ3v) is 15.0. The molecule has 22 heteroatoms. The molecule has 0 spiro atoms. The summed E-state index contributed by atoms with van der Waals surface area (Å²) < 4.78 is 0. The van der Waals surface area contributed by atoms with Crippen LogP contribution in [0.15, 0.2) is 42.7 Å². The predicted molar refractivity (Wildman–Crippen MR) is 279 cm³/mol. The number of hydrogen-bond acceptors (Lipinski definition) is 17. The Labute approximate surface area is 452 Å². The lowest BCUT2D eigenvalue weighted by Gasteiger charge is -2.36. The zero-order valence-corrected chi connectivity index (χ0v) is 44.9. The Morgan fingerprint density at radius 2 is 1.27 bits per heavy atom. The largest absolute Gasteiger partial charge is 0.549 e. The first-order chi connectivity index (χ1) is 37.0. The lowest BCUT2D eigenvalue weighted by Crippen LogP contribution is -2.54. The summed E-state index contributed by atoms with van der Waals surface area (Å²) in [5.74, 6) is -5.74. The number of nitrogens with one attached hydrogen (secondary N) is 4. The number of rotatable bonds is 28. The molecule has 1 unspecified atom stereocenters. The van der Waals surface area contributed by atoms with E-state index in [0.29, 0.717) is 50.4 Å². The second-order valence-electron chi connectivity index (χ2n) is 20.9. The van der Waals surface area contributed by atoms with Gasteiger partial charge in [-0.05, 0) is 112 Å². The van der Waals surface area contributed by atoms with Crippen LogP contribution in [0, 0.1) is 11.8 Å². The maximum absolute atomic E-state index is 13.6. The average Bonchev–Trinajstić information content (AvgIpc) is 3.40. The molecule has 0 aliphatic carbocycles. The Balaban J connectivity index is 0.980. The summed E-state index contributed by atoms with van der Waals surface area (Å²) in [6.45, 7) is 5.17. The van der Waals surface area contributed by atoms with Gasteiger partial charge in [-0.1, -0.05) is 43.2 Å². The molecule has 22 nitrogen and oxygen atoms in total. The van der Waals surface area contributed by atoms with Crippen molar-refractivity contribution < 1.29 is 58.8 Å². The van der Waals surface area contributed by atoms with Gasteiger partial charge in [-0.25, -0.2) is 0 Å². The van der Waals surface area contributed by atoms with Crippen molar-refractivity contribution in [3.05, 3.63) is 65.0 Å². The van der Waals surface area contributed by atoms with Gasteiger partial charge < -0.3 is 61.0 Å². The predicted octanol–water partition coefficient (Wildman–Crippen LogP) is -2.29. The van der Waals surface area contributed by atoms with Crippen LogP contribution < -0.4 is 36.6 Å². The topological polar surface area (TPSA) is 303 Å². The van der Waals surface area contributed by atoms with E-state index >= 15 is 0 Å². The van der Waals surface area contributed by atoms with Crippen molar-refractivity contribution in [2.45, 2.75) is 109 Å². The SMILES string of the molecule is CC(C(=O)NCC(=O)NCCCCCCc1ccc(CCc2cncc([C@H](CC(=O)O)NC(=O)[C@@H]3CCCN(C(=O)CCC4CCNCC4)C3)c2)cc1)N1CCN(CC(=O)[O-])CCN(CC(=O)[O-])CCN(CC(=O)[O-])CC1. The van der Waals surface area contributed by atoms with E-state index in [0.717, 1.165) is 88.4 Å². The third kappa shape index (κ3) is 23.6. The number of carboxylic acids is 4. The van der Waals surface area contributed by atoms with Gasteiger partial charge in [0.1, 0.15) is 0 Å². The highest BCUT2D eigenvalue weighted by atomic mass is 16.4. The molecule has 5 N–H and O–H groups in total. The van der Waals surface area contributed by atoms with Gasteiger partial charge in [-0.15, -0.1) is 0 Å². The van der Waals surface area contributed by atoms with Gasteiger partial charge in [0.15, 0.2) is 0 Å². The highest BCUT2D eigenvalue weighted by Gasteiger charge is 2.31. The van der Waals surface area contributed by atoms with Crippen LogP contribution in [0.1, 0.15) is 106 Å². The Kier molecular flexibility index (Phi) is 26.7. The molecule has 0 radical (unpaired) electrons. The van der Waals surface area contributed by atoms with E-state index in [1.165, 1.54) is 5.56 Å². The molecule has 3 aliphatic rings. The molecule has 77 heavy (non-hydrogen) atoms. The quantitative estimate of drug-likeness (QED) is 0.0561. The number of aromatic nitrogens is 1. The van der Waals surface area contributed by atoms with Crippen LogP contribution in [0.25, 0.3) is 0 Å². The molecule has 2 aromatic rings. The van der Waals surface area contributed by atoms with Crippen molar-refractivity contribution >= 4 is 47.5 Å². The fourth-order valence-electron chi connectivity index (χ4n) is 10.3. The van der Waals surface area contributed by atoms with E-state index in [2.05, 4.69) is 50.5 Å². The standard InChI is InChI=1S/C55H84N10O12/c1-40(64-29-27-62(38-52(72)73)25-23-61(37-51(70)71)24-26-63(28-30-64)39-53(74)75)54(76)59-35-48(66)58-19-5-3-2-4-7-41-9-11-42(12-10-41)13-14-44-31-46(34-57-33-44)47(32-50(68)69)60-55(77)45-8-6-22-65(36-45)49(67)16-15-43-17-20-56-21-18-43/h9-12,31,33-34,40,43,45,47,56H,2-8,13-30,32,35-39H2,1H3,(H,58,66)(H,59,76)(H,60,77)(H,68,69)(H,70,71)(H,72,73)(H,74,75)/p-3/t40?,45-,47+/m1/s1. The average molecular weight is 1070 g/mol. The molecule has 5 rings (SSSR count). The highest BCUT2D eigenvalue weighted by molar-refractivity contribution is 5.87. The number of aryl methyl sites for hydroxylation is 3. The maximum Gasteiger partial charge on any atom is 0.305 e. The number of carbonyl (C=O) groups excluding carboxylic acids is 7. The fraction of sp³-hybridized carbons (Fsp3) is 0.655. The van der Waals surface area contributed by atoms with E-state index < -0.39 is 67.4 Å². The molecule has 3 saturated heterocycles. The van der Waals surface area contributed by atoms with Crippen molar-refractivity contribution in [3.8, 4) is 0 Å². The molecule has 3 aliphatic heterocycles. The third-order valence-electron chi connectivity index (χ3n) is 15.0. The van der Waals surface area contributed by atoms with Crippen LogP contribution in [-0.2, 0) is 57.6 Å². The smallest absolute Gasteiger partial charge is 0.305 e. The molecule has 0 saturated carbocycles. The second-order valence-corrected chi connectivity index (χ2v) is 20.9. The highest BCUT2D eigenvalue weighted by Crippen LogP contribution is 2.24. The Bertz CT molecular complexity index is 2200. The Morgan fingerprint density at radius 3 is 1.87 bits per heavy atom. The molecule has 3 atom stereocenters. The molecule has 1 aromatic heterocycles. The van der Waals surface area contributed by atoms with Gasteiger partial charge >= 0.3 is 5.97 Å². The van der Waals surface area contributed by atoms with E-state index in [1.807, 2.05) is 6.07 Å². The number of carboxylic acid groups (broad SMARTS) is 4. The monoisotopic (exact) mass is 1070 g/mol. The maximum atomic E-state index is 13.6. The Hall–Kier alpha value is -6.07. The lowest BCUT2D eigenvalue weighted by molar-refractivity contribution is -0.308. The molecule has 4 heterocycles. The summed E-state index contributed by atoms with van der Waals surface area (Å²) in [6, 6.07) is 8.89. The first-order valence-corrected chi connectivity index (χ1v) is 27.6. The van der Waals surface area contributed by atoms with E-state index in [9.17, 15) is 58.8 Å². The van der Waals surface area contributed by atoms with Crippen molar-refractivity contribution in [1.29, 1.82) is 0 Å². The Morgan fingerprint density at radius 1 is 0.701 bits per heavy atom. The van der Waals surface area contributed by atoms with Crippen LogP contribution in [0.5, 0.6) is 0 Å². The van der Waals surface area contributed by atoms with Crippen molar-refractivity contribution in [3.63, 3.8) is 0 Å². The van der Waals surface area contributed by atoms with Gasteiger partial charge in [-0.2, -0.15) is 0 Å². The number of aliphatic carboxylic acids is 4. The number of unbranched alkanes of at least 4 members (excludes halogenated alkanes) is 3. The summed E-state index contributed by atoms with van der Waals surface area (Å²) >= 11 is 0. The summed E-state index contributed by atoms with van der Waals surface area (Å²) in [5, 5.41) is 56.0. The van der Waals surface area contributed by atoms with Crippen molar-refractivity contribution in [2.75, 3.05) is 111 Å². The molecule has 426 valence electrons. The summed E-state index contributed by atoms with van der Waals surface area (Å²) in [5.41, 5.74) is 3.92. The van der Waals surface area contributed by atoms with Gasteiger partial charge in [0, 0.05) is 110 Å². The van der Waals surface area contributed by atoms with Gasteiger partial charge in [-0.3, -0.25) is 48.6 Å². The van der Waals surface area contributed by atoms with Gasteiger partial charge in [0.2, 0.25) is 23.6 Å². The number of nitrogens with zero attached hydrogens (tertiary/aromatic N) is 6. The zero-order valence-electron chi connectivity index (χ0n) is 44.9. The lowest BCUT2D eigenvalue weighted by atomic mass is 9.92. The fourth-order valence-corrected chi connectivity index (χ4v) is 10.3. The molecular weight excluding hydrogens is 993 g/mol. The minimum absolute atomic E-state index is 0.0853. The summed E-state index contributed by atoms with van der Waals surface area (Å²) in [4.78, 5) is 112. The summed E-state index contributed by atoms with van der Waals surface area (Å²) in [6.07, 6.45) is 13.9. The first kappa shape index (κ1) is 61.8. The van der Waals surface area contributed by atoms with E-state index in [-0.39, 0.29) is 83.0 Å². The minimum Gasteiger partial charge on any atom is -0.549 e. The van der Waals surface area contributed by atoms with Crippen LogP contribution in [0.4, 0.5) is 0 Å². The molecular formula is C55H81N10O12-3. The van der Waals surface area contributed by atoms with E-state index in [4.69, 9.17) is 0 Å². The number of hydrogen-bond donors (Lipinski definition) is 5. The molecule has 3 fully saturated rings. The number of benzene rings is 1. The number of likely N-dealkylation sites (tertiary alicyclic amines) is 1. The van der Waals surface area contributed by atoms with Crippen LogP contribution >= 0.6 is 0 Å². The van der Waals surface area contributed by atoms with Crippen molar-refractivity contribution in [1.82, 2.24) is 50.8 Å². The molecule has 0 bridgehead atoms. The normalized spacial score (nSPS) is 18.7. The number of carbonyl (C=O) groups is 8. The zero-order chi connectivity index (χ0) is 55.5. The van der Waals surface area contributed by atoms with Crippen LogP contribution in [0.3, 0.4) is 0 Å². The minimum atomic E-state index is -1.31. The first-order valence-electron chi connectivity index (χ1n) is 27.6. The van der Waals surface area contributed by atoms with Crippen LogP contribution in [0.2, 0.25) is 0 Å². The number of pyridine rings is 1. The summed E-state index contributed by atoms with van der Waals surface area (Å²) in [7, 11) is 0. The van der Waals surface area contributed by atoms with Gasteiger partial charge in [0.25, 0.3) is 0 Å². The van der Waals surface area contributed by atoms with Crippen molar-refractivity contribution in [2.24, 2.45) is 11.8 Å². The van der Waals surface area contributed by atoms with Gasteiger partial charge in [0.05, 0.1) is 48.9 Å². The number of piperidine rings is 2. The van der Waals surface area contributed by atoms with E-state index in [1.54, 1.807) is 43.8 Å². The molecule has 1 aromatic carbocycles. The molecule has 4 amide bonds. The van der Waals surface area contributed by atoms with Crippen LogP contribution in [-0.4, -0.2) is 199 Å². The second kappa shape index (κ2) is 33.3. The number of amides is 4.